The molecule has 3 aromatic rings. The normalized spacial score (nSPS) is 17.3. The molecule has 1 aliphatic heterocycles. The monoisotopic (exact) mass is 441 g/mol. The smallest absolute Gasteiger partial charge is 0.311 e. The maximum Gasteiger partial charge on any atom is 0.311 e. The van der Waals surface area contributed by atoms with E-state index in [1.165, 1.54) is 0 Å². The number of ketones is 1. The van der Waals surface area contributed by atoms with Crippen LogP contribution in [-0.2, 0) is 9.59 Å². The van der Waals surface area contributed by atoms with Gasteiger partial charge in [-0.05, 0) is 59.9 Å². The molecule has 168 valence electrons. The molecule has 0 unspecified atom stereocenters. The number of allylic oxidation sites excluding steroid dienone is 2. The third kappa shape index (κ3) is 3.78. The van der Waals surface area contributed by atoms with Crippen molar-refractivity contribution in [2.75, 3.05) is 11.9 Å². The summed E-state index contributed by atoms with van der Waals surface area (Å²) in [5, 5.41) is 5.82. The van der Waals surface area contributed by atoms with Gasteiger partial charge in [0.15, 0.2) is 17.3 Å². The van der Waals surface area contributed by atoms with Crippen molar-refractivity contribution < 1.29 is 19.1 Å². The van der Waals surface area contributed by atoms with Crippen molar-refractivity contribution >= 4 is 28.2 Å². The molecule has 0 bridgehead atoms. The zero-order valence-corrected chi connectivity index (χ0v) is 18.9. The van der Waals surface area contributed by atoms with Gasteiger partial charge in [-0.15, -0.1) is 0 Å². The summed E-state index contributed by atoms with van der Waals surface area (Å²) in [6.45, 7) is 4.10. The fourth-order valence-corrected chi connectivity index (χ4v) is 4.94. The van der Waals surface area contributed by atoms with Gasteiger partial charge in [0.05, 0.1) is 6.61 Å². The van der Waals surface area contributed by atoms with Crippen molar-refractivity contribution in [2.24, 2.45) is 0 Å². The van der Waals surface area contributed by atoms with Crippen LogP contribution in [0.5, 0.6) is 11.5 Å². The van der Waals surface area contributed by atoms with Gasteiger partial charge in [-0.3, -0.25) is 9.59 Å². The number of ether oxygens (including phenoxy) is 2. The zero-order chi connectivity index (χ0) is 22.9. The van der Waals surface area contributed by atoms with Gasteiger partial charge in [-0.2, -0.15) is 0 Å². The number of carbonyl (C=O) groups excluding carboxylic acids is 2. The average molecular weight is 442 g/mol. The van der Waals surface area contributed by atoms with E-state index < -0.39 is 0 Å². The van der Waals surface area contributed by atoms with Crippen molar-refractivity contribution in [1.29, 1.82) is 0 Å². The second-order valence-electron chi connectivity index (χ2n) is 8.44. The Hall–Kier alpha value is -3.60. The van der Waals surface area contributed by atoms with Crippen LogP contribution in [0.4, 0.5) is 5.69 Å². The van der Waals surface area contributed by atoms with Crippen LogP contribution < -0.4 is 14.8 Å². The molecule has 5 nitrogen and oxygen atoms in total. The van der Waals surface area contributed by atoms with Gasteiger partial charge in [0.2, 0.25) is 0 Å². The lowest BCUT2D eigenvalue weighted by Gasteiger charge is -2.35. The zero-order valence-electron chi connectivity index (χ0n) is 18.9. The minimum absolute atomic E-state index is 0.187. The molecular formula is C28H27NO4. The maximum absolute atomic E-state index is 13.2. The lowest BCUT2D eigenvalue weighted by molar-refractivity contribution is -0.134. The maximum atomic E-state index is 13.2. The number of Topliss-reactive ketones (excluding diaryl/α,β-unsaturated/α-hetero) is 1. The summed E-state index contributed by atoms with van der Waals surface area (Å²) in [6, 6.07) is 18.2. The van der Waals surface area contributed by atoms with E-state index in [0.29, 0.717) is 24.5 Å². The predicted molar refractivity (Wildman–Crippen MR) is 129 cm³/mol. The highest BCUT2D eigenvalue weighted by Gasteiger charge is 2.36. The number of hydrogen-bond donors (Lipinski definition) is 1. The Morgan fingerprint density at radius 1 is 1.03 bits per heavy atom. The summed E-state index contributed by atoms with van der Waals surface area (Å²) in [6.07, 6.45) is 2.55. The second kappa shape index (κ2) is 8.74. The van der Waals surface area contributed by atoms with E-state index >= 15 is 0 Å². The quantitative estimate of drug-likeness (QED) is 0.382. The Morgan fingerprint density at radius 3 is 2.70 bits per heavy atom. The van der Waals surface area contributed by atoms with E-state index in [1.54, 1.807) is 13.0 Å². The van der Waals surface area contributed by atoms with Crippen LogP contribution in [0.3, 0.4) is 0 Å². The van der Waals surface area contributed by atoms with E-state index in [0.717, 1.165) is 51.7 Å². The summed E-state index contributed by atoms with van der Waals surface area (Å²) < 4.78 is 11.4. The number of carbonyl (C=O) groups is 2. The van der Waals surface area contributed by atoms with Crippen molar-refractivity contribution in [3.05, 3.63) is 77.0 Å². The van der Waals surface area contributed by atoms with Crippen molar-refractivity contribution in [3.63, 3.8) is 0 Å². The first kappa shape index (κ1) is 21.3. The fraction of sp³-hybridized carbons (Fsp3) is 0.286. The highest BCUT2D eigenvalue weighted by Crippen LogP contribution is 2.49. The predicted octanol–water partition coefficient (Wildman–Crippen LogP) is 6.12. The van der Waals surface area contributed by atoms with Crippen LogP contribution in [0.1, 0.15) is 56.6 Å². The van der Waals surface area contributed by atoms with Gasteiger partial charge < -0.3 is 14.8 Å². The molecule has 2 aliphatic rings. The first-order valence-electron chi connectivity index (χ1n) is 11.6. The van der Waals surface area contributed by atoms with Crippen LogP contribution in [0, 0.1) is 0 Å². The molecule has 5 heteroatoms. The van der Waals surface area contributed by atoms with Crippen LogP contribution in [0.25, 0.3) is 10.8 Å². The summed E-state index contributed by atoms with van der Waals surface area (Å²) in [7, 11) is 0. The Labute approximate surface area is 193 Å². The standard InChI is InChI=1S/C28H27NO4/c1-3-25(31)33-23-15-13-18(16-24(23)32-4-2)26-27-19-9-6-5-8-17(19)12-14-21(27)29-20-10-7-11-22(30)28(20)26/h5-6,8-9,12-16,26,29H,3-4,7,10-11H2,1-2H3/t26-/m1/s1. The third-order valence-electron chi connectivity index (χ3n) is 6.40. The molecule has 0 fully saturated rings. The van der Waals surface area contributed by atoms with Gasteiger partial charge in [0.25, 0.3) is 0 Å². The Kier molecular flexibility index (Phi) is 5.63. The number of rotatable bonds is 5. The number of benzene rings is 3. The SMILES string of the molecule is CCOc1cc([C@H]2C3=C(CCCC3=O)Nc3ccc4ccccc4c32)ccc1OC(=O)CC. The Bertz CT molecular complexity index is 1290. The lowest BCUT2D eigenvalue weighted by atomic mass is 9.74. The van der Waals surface area contributed by atoms with Gasteiger partial charge in [-0.1, -0.05) is 43.3 Å². The largest absolute Gasteiger partial charge is 0.490 e. The van der Waals surface area contributed by atoms with Crippen molar-refractivity contribution in [3.8, 4) is 11.5 Å². The number of hydrogen-bond acceptors (Lipinski definition) is 5. The molecule has 0 aromatic heterocycles. The van der Waals surface area contributed by atoms with E-state index in [2.05, 4.69) is 29.6 Å². The van der Waals surface area contributed by atoms with Crippen LogP contribution >= 0.6 is 0 Å². The number of nitrogens with one attached hydrogen (secondary N) is 1. The van der Waals surface area contributed by atoms with Crippen molar-refractivity contribution in [2.45, 2.75) is 45.4 Å². The molecule has 1 atom stereocenters. The first-order chi connectivity index (χ1) is 16.1. The molecule has 0 saturated heterocycles. The molecule has 33 heavy (non-hydrogen) atoms. The van der Waals surface area contributed by atoms with Crippen LogP contribution in [0.2, 0.25) is 0 Å². The van der Waals surface area contributed by atoms with E-state index in [4.69, 9.17) is 9.47 Å². The number of fused-ring (bicyclic) bond motifs is 3. The number of anilines is 1. The minimum atomic E-state index is -0.311. The molecule has 1 heterocycles. The molecular weight excluding hydrogens is 414 g/mol. The van der Waals surface area contributed by atoms with E-state index in [1.807, 2.05) is 31.2 Å². The molecule has 0 radical (unpaired) electrons. The second-order valence-corrected chi connectivity index (χ2v) is 8.44. The Morgan fingerprint density at radius 2 is 1.88 bits per heavy atom. The lowest BCUT2D eigenvalue weighted by Crippen LogP contribution is -2.27. The third-order valence-corrected chi connectivity index (χ3v) is 6.40. The molecule has 5 rings (SSSR count). The van der Waals surface area contributed by atoms with Crippen LogP contribution in [-0.4, -0.2) is 18.4 Å². The minimum Gasteiger partial charge on any atom is -0.490 e. The summed E-state index contributed by atoms with van der Waals surface area (Å²) in [4.78, 5) is 25.1. The van der Waals surface area contributed by atoms with E-state index in [9.17, 15) is 9.59 Å². The molecule has 0 amide bonds. The summed E-state index contributed by atoms with van der Waals surface area (Å²) in [5.41, 5.74) is 4.94. The van der Waals surface area contributed by atoms with Crippen molar-refractivity contribution in [1.82, 2.24) is 0 Å². The molecule has 0 spiro atoms. The Balaban J connectivity index is 1.72. The molecule has 0 saturated carbocycles. The first-order valence-corrected chi connectivity index (χ1v) is 11.6. The fourth-order valence-electron chi connectivity index (χ4n) is 4.94. The van der Waals surface area contributed by atoms with Gasteiger partial charge in [0.1, 0.15) is 0 Å². The number of esters is 1. The van der Waals surface area contributed by atoms with Gasteiger partial charge in [-0.25, -0.2) is 0 Å². The highest BCUT2D eigenvalue weighted by molar-refractivity contribution is 6.04. The highest BCUT2D eigenvalue weighted by atomic mass is 16.6. The van der Waals surface area contributed by atoms with Gasteiger partial charge >= 0.3 is 5.97 Å². The summed E-state index contributed by atoms with van der Waals surface area (Å²) in [5.74, 6) is 0.581. The average Bonchev–Trinajstić information content (AvgIpc) is 2.84. The molecule has 1 N–H and O–H groups in total. The van der Waals surface area contributed by atoms with Gasteiger partial charge in [0, 0.05) is 35.7 Å². The molecule has 3 aromatic carbocycles. The van der Waals surface area contributed by atoms with Crippen LogP contribution in [0.15, 0.2) is 65.9 Å². The molecule has 1 aliphatic carbocycles. The summed E-state index contributed by atoms with van der Waals surface area (Å²) >= 11 is 0. The van der Waals surface area contributed by atoms with E-state index in [-0.39, 0.29) is 24.1 Å². The topological polar surface area (TPSA) is 64.6 Å².